The Bertz CT molecular complexity index is 273. The Morgan fingerprint density at radius 1 is 1.33 bits per heavy atom. The molecule has 0 aromatic heterocycles. The van der Waals surface area contributed by atoms with Gasteiger partial charge in [0.15, 0.2) is 0 Å². The minimum atomic E-state index is 0.493. The zero-order valence-electron chi connectivity index (χ0n) is 9.29. The quantitative estimate of drug-likeness (QED) is 0.807. The Morgan fingerprint density at radius 2 is 2.00 bits per heavy atom. The van der Waals surface area contributed by atoms with Gasteiger partial charge in [-0.05, 0) is 37.1 Å². The first-order chi connectivity index (χ1) is 7.27. The molecular weight excluding hydrogens is 210 g/mol. The molecule has 0 saturated heterocycles. The van der Waals surface area contributed by atoms with E-state index >= 15 is 0 Å². The van der Waals surface area contributed by atoms with E-state index in [9.17, 15) is 0 Å². The van der Waals surface area contributed by atoms with E-state index in [1.54, 1.807) is 7.11 Å². The summed E-state index contributed by atoms with van der Waals surface area (Å²) in [5.74, 6) is 0.493. The highest BCUT2D eigenvalue weighted by atomic mass is 35.5. The molecule has 0 amide bonds. The Hall–Kier alpha value is -0.570. The molecule has 0 aliphatic carbocycles. The van der Waals surface area contributed by atoms with Gasteiger partial charge in [-0.25, -0.2) is 0 Å². The SMILES string of the molecule is CNCC(CCOC)c1ccc(Cl)cc1. The number of hydrogen-bond acceptors (Lipinski definition) is 2. The average Bonchev–Trinajstić information content (AvgIpc) is 2.25. The smallest absolute Gasteiger partial charge is 0.0468 e. The number of methoxy groups -OCH3 is 1. The fourth-order valence-electron chi connectivity index (χ4n) is 1.63. The lowest BCUT2D eigenvalue weighted by Gasteiger charge is -2.16. The fraction of sp³-hybridized carbons (Fsp3) is 0.500. The number of rotatable bonds is 6. The van der Waals surface area contributed by atoms with Gasteiger partial charge in [0.05, 0.1) is 0 Å². The van der Waals surface area contributed by atoms with E-state index < -0.39 is 0 Å². The standard InChI is InChI=1S/C12H18ClNO/c1-14-9-11(7-8-15-2)10-3-5-12(13)6-4-10/h3-6,11,14H,7-9H2,1-2H3. The third-order valence-corrected chi connectivity index (χ3v) is 2.71. The lowest BCUT2D eigenvalue weighted by atomic mass is 9.96. The van der Waals surface area contributed by atoms with Gasteiger partial charge in [-0.15, -0.1) is 0 Å². The van der Waals surface area contributed by atoms with E-state index in [1.807, 2.05) is 19.2 Å². The summed E-state index contributed by atoms with van der Waals surface area (Å²) in [5, 5.41) is 3.99. The molecule has 0 bridgehead atoms. The summed E-state index contributed by atoms with van der Waals surface area (Å²) in [4.78, 5) is 0. The summed E-state index contributed by atoms with van der Waals surface area (Å²) < 4.78 is 5.11. The second kappa shape index (κ2) is 6.83. The maximum absolute atomic E-state index is 5.86. The molecule has 0 spiro atoms. The number of hydrogen-bond donors (Lipinski definition) is 1. The van der Waals surface area contributed by atoms with E-state index in [4.69, 9.17) is 16.3 Å². The molecule has 1 aromatic carbocycles. The van der Waals surface area contributed by atoms with Crippen LogP contribution >= 0.6 is 11.6 Å². The van der Waals surface area contributed by atoms with Gasteiger partial charge in [-0.3, -0.25) is 0 Å². The molecule has 1 unspecified atom stereocenters. The van der Waals surface area contributed by atoms with Gasteiger partial charge in [0.25, 0.3) is 0 Å². The highest BCUT2D eigenvalue weighted by Gasteiger charge is 2.09. The molecular formula is C12H18ClNO. The second-order valence-electron chi connectivity index (χ2n) is 3.59. The van der Waals surface area contributed by atoms with Crippen LogP contribution in [0.3, 0.4) is 0 Å². The summed E-state index contributed by atoms with van der Waals surface area (Å²) in [6, 6.07) is 8.04. The minimum Gasteiger partial charge on any atom is -0.385 e. The molecule has 1 atom stereocenters. The largest absolute Gasteiger partial charge is 0.385 e. The van der Waals surface area contributed by atoms with Crippen LogP contribution in [0, 0.1) is 0 Å². The van der Waals surface area contributed by atoms with Crippen molar-refractivity contribution < 1.29 is 4.74 Å². The van der Waals surface area contributed by atoms with Crippen molar-refractivity contribution in [1.82, 2.24) is 5.32 Å². The van der Waals surface area contributed by atoms with Gasteiger partial charge in [-0.1, -0.05) is 23.7 Å². The van der Waals surface area contributed by atoms with Crippen LogP contribution in [0.2, 0.25) is 5.02 Å². The van der Waals surface area contributed by atoms with Gasteiger partial charge in [-0.2, -0.15) is 0 Å². The van der Waals surface area contributed by atoms with Crippen molar-refractivity contribution in [2.45, 2.75) is 12.3 Å². The highest BCUT2D eigenvalue weighted by Crippen LogP contribution is 2.20. The molecule has 1 rings (SSSR count). The predicted octanol–water partition coefficient (Wildman–Crippen LogP) is 2.68. The summed E-state index contributed by atoms with van der Waals surface area (Å²) >= 11 is 5.86. The van der Waals surface area contributed by atoms with Crippen LogP contribution < -0.4 is 5.32 Å². The summed E-state index contributed by atoms with van der Waals surface area (Å²) in [7, 11) is 3.70. The van der Waals surface area contributed by atoms with Crippen molar-refractivity contribution in [3.63, 3.8) is 0 Å². The van der Waals surface area contributed by atoms with E-state index in [1.165, 1.54) is 5.56 Å². The Labute approximate surface area is 96.6 Å². The van der Waals surface area contributed by atoms with Crippen LogP contribution in [-0.2, 0) is 4.74 Å². The first-order valence-corrected chi connectivity index (χ1v) is 5.54. The van der Waals surface area contributed by atoms with Crippen LogP contribution in [0.4, 0.5) is 0 Å². The third-order valence-electron chi connectivity index (χ3n) is 2.46. The van der Waals surface area contributed by atoms with Gasteiger partial charge >= 0.3 is 0 Å². The van der Waals surface area contributed by atoms with Crippen LogP contribution in [0.15, 0.2) is 24.3 Å². The number of ether oxygens (including phenoxy) is 1. The molecule has 0 aliphatic heterocycles. The molecule has 0 heterocycles. The van der Waals surface area contributed by atoms with E-state index in [-0.39, 0.29) is 0 Å². The molecule has 3 heteroatoms. The molecule has 0 aliphatic rings. The molecule has 1 aromatic rings. The van der Waals surface area contributed by atoms with Gasteiger partial charge in [0.1, 0.15) is 0 Å². The number of likely N-dealkylation sites (N-methyl/N-ethyl adjacent to an activating group) is 1. The Balaban J connectivity index is 2.65. The van der Waals surface area contributed by atoms with E-state index in [2.05, 4.69) is 17.4 Å². The van der Waals surface area contributed by atoms with Gasteiger partial charge < -0.3 is 10.1 Å². The van der Waals surface area contributed by atoms with Crippen LogP contribution in [-0.4, -0.2) is 27.3 Å². The molecule has 0 saturated carbocycles. The summed E-state index contributed by atoms with van der Waals surface area (Å²) in [6.45, 7) is 1.75. The van der Waals surface area contributed by atoms with E-state index in [0.29, 0.717) is 5.92 Å². The van der Waals surface area contributed by atoms with Crippen molar-refractivity contribution in [2.24, 2.45) is 0 Å². The van der Waals surface area contributed by atoms with Crippen molar-refractivity contribution in [2.75, 3.05) is 27.3 Å². The molecule has 0 fully saturated rings. The Kier molecular flexibility index (Phi) is 5.69. The number of benzene rings is 1. The Morgan fingerprint density at radius 3 is 2.53 bits per heavy atom. The van der Waals surface area contributed by atoms with Crippen molar-refractivity contribution in [3.8, 4) is 0 Å². The second-order valence-corrected chi connectivity index (χ2v) is 4.02. The topological polar surface area (TPSA) is 21.3 Å². The average molecular weight is 228 g/mol. The van der Waals surface area contributed by atoms with Crippen LogP contribution in [0.5, 0.6) is 0 Å². The number of halogens is 1. The maximum atomic E-state index is 5.86. The maximum Gasteiger partial charge on any atom is 0.0468 e. The van der Waals surface area contributed by atoms with Crippen molar-refractivity contribution in [1.29, 1.82) is 0 Å². The van der Waals surface area contributed by atoms with Crippen LogP contribution in [0.1, 0.15) is 17.9 Å². The molecule has 1 N–H and O–H groups in total. The first kappa shape index (κ1) is 12.5. The molecule has 84 valence electrons. The molecule has 15 heavy (non-hydrogen) atoms. The van der Waals surface area contributed by atoms with Crippen LogP contribution in [0.25, 0.3) is 0 Å². The van der Waals surface area contributed by atoms with Crippen molar-refractivity contribution in [3.05, 3.63) is 34.9 Å². The predicted molar refractivity (Wildman–Crippen MR) is 64.6 cm³/mol. The monoisotopic (exact) mass is 227 g/mol. The third kappa shape index (κ3) is 4.20. The normalized spacial score (nSPS) is 12.7. The summed E-state index contributed by atoms with van der Waals surface area (Å²) in [5.41, 5.74) is 1.31. The minimum absolute atomic E-state index is 0.493. The van der Waals surface area contributed by atoms with Gasteiger partial charge in [0, 0.05) is 25.3 Å². The fourth-order valence-corrected chi connectivity index (χ4v) is 1.75. The number of nitrogens with one attached hydrogen (secondary N) is 1. The van der Waals surface area contributed by atoms with Crippen molar-refractivity contribution >= 4 is 11.6 Å². The van der Waals surface area contributed by atoms with E-state index in [0.717, 1.165) is 24.6 Å². The molecule has 0 radical (unpaired) electrons. The lowest BCUT2D eigenvalue weighted by Crippen LogP contribution is -2.18. The highest BCUT2D eigenvalue weighted by molar-refractivity contribution is 6.30. The zero-order valence-corrected chi connectivity index (χ0v) is 10.1. The molecule has 2 nitrogen and oxygen atoms in total. The first-order valence-electron chi connectivity index (χ1n) is 5.17. The van der Waals surface area contributed by atoms with Gasteiger partial charge in [0.2, 0.25) is 0 Å². The summed E-state index contributed by atoms with van der Waals surface area (Å²) in [6.07, 6.45) is 1.03. The lowest BCUT2D eigenvalue weighted by molar-refractivity contribution is 0.187. The zero-order chi connectivity index (χ0) is 11.1.